The summed E-state index contributed by atoms with van der Waals surface area (Å²) in [5, 5.41) is 2.65. The highest BCUT2D eigenvalue weighted by molar-refractivity contribution is 6.02. The van der Waals surface area contributed by atoms with Gasteiger partial charge in [0.25, 0.3) is 5.91 Å². The largest absolute Gasteiger partial charge is 0.482 e. The number of carbonyl (C=O) groups excluding carboxylic acids is 2. The van der Waals surface area contributed by atoms with Gasteiger partial charge in [-0.15, -0.1) is 0 Å². The highest BCUT2D eigenvalue weighted by atomic mass is 16.5. The zero-order valence-electron chi connectivity index (χ0n) is 10.8. The Bertz CT molecular complexity index is 502. The highest BCUT2D eigenvalue weighted by Gasteiger charge is 2.27. The Hall–Kier alpha value is -2.08. The van der Waals surface area contributed by atoms with Crippen LogP contribution in [-0.4, -0.2) is 38.1 Å². The number of anilines is 1. The lowest BCUT2D eigenvalue weighted by atomic mass is 10.1. The summed E-state index contributed by atoms with van der Waals surface area (Å²) in [5.41, 5.74) is 6.96. The van der Waals surface area contributed by atoms with Crippen molar-refractivity contribution in [1.82, 2.24) is 5.32 Å². The van der Waals surface area contributed by atoms with Crippen LogP contribution < -0.4 is 20.7 Å². The number of rotatable bonds is 4. The maximum Gasteiger partial charge on any atom is 0.265 e. The molecule has 0 saturated heterocycles. The van der Waals surface area contributed by atoms with E-state index in [0.29, 0.717) is 24.5 Å². The minimum atomic E-state index is -0.229. The Balaban J connectivity index is 2.18. The molecule has 3 N–H and O–H groups in total. The molecule has 2 amide bonds. The number of fused-ring (bicyclic) bond motifs is 1. The summed E-state index contributed by atoms with van der Waals surface area (Å²) in [6.07, 6.45) is 0. The number of nitrogens with two attached hydrogens (primary N) is 1. The quantitative estimate of drug-likeness (QED) is 0.787. The smallest absolute Gasteiger partial charge is 0.265 e. The molecule has 0 atom stereocenters. The minimum absolute atomic E-state index is 0.0152. The van der Waals surface area contributed by atoms with Crippen molar-refractivity contribution in [1.29, 1.82) is 0 Å². The summed E-state index contributed by atoms with van der Waals surface area (Å²) in [6, 6.07) is 5.55. The van der Waals surface area contributed by atoms with Crippen LogP contribution in [0.4, 0.5) is 5.69 Å². The first-order valence-corrected chi connectivity index (χ1v) is 6.12. The lowest BCUT2D eigenvalue weighted by Crippen LogP contribution is -2.45. The number of benzene rings is 1. The fourth-order valence-corrected chi connectivity index (χ4v) is 1.90. The monoisotopic (exact) mass is 263 g/mol. The van der Waals surface area contributed by atoms with Gasteiger partial charge in [-0.25, -0.2) is 0 Å². The van der Waals surface area contributed by atoms with Crippen molar-refractivity contribution < 1.29 is 14.3 Å². The van der Waals surface area contributed by atoms with Crippen LogP contribution >= 0.6 is 0 Å². The second kappa shape index (κ2) is 5.71. The van der Waals surface area contributed by atoms with E-state index < -0.39 is 0 Å². The summed E-state index contributed by atoms with van der Waals surface area (Å²) in [7, 11) is 0. The zero-order chi connectivity index (χ0) is 13.8. The molecule has 102 valence electrons. The number of hydrogen-bond donors (Lipinski definition) is 2. The van der Waals surface area contributed by atoms with Crippen LogP contribution in [-0.2, 0) is 9.59 Å². The Labute approximate surface area is 111 Å². The molecule has 0 radical (unpaired) electrons. The van der Waals surface area contributed by atoms with E-state index in [4.69, 9.17) is 10.5 Å². The van der Waals surface area contributed by atoms with Gasteiger partial charge in [-0.3, -0.25) is 14.5 Å². The van der Waals surface area contributed by atoms with Crippen molar-refractivity contribution in [2.24, 2.45) is 5.73 Å². The van der Waals surface area contributed by atoms with Crippen molar-refractivity contribution >= 4 is 17.5 Å². The fraction of sp³-hybridized carbons (Fsp3) is 0.385. The molecule has 0 aliphatic carbocycles. The number of amides is 2. The number of hydrogen-bond acceptors (Lipinski definition) is 4. The van der Waals surface area contributed by atoms with Crippen molar-refractivity contribution in [2.75, 3.05) is 31.1 Å². The average molecular weight is 263 g/mol. The molecule has 1 heterocycles. The first-order valence-electron chi connectivity index (χ1n) is 6.12. The number of carbonyl (C=O) groups is 2. The topological polar surface area (TPSA) is 84.7 Å². The van der Waals surface area contributed by atoms with Gasteiger partial charge in [0.05, 0.1) is 5.69 Å². The Morgan fingerprint density at radius 2 is 2.32 bits per heavy atom. The van der Waals surface area contributed by atoms with E-state index in [0.717, 1.165) is 5.56 Å². The molecule has 1 aromatic carbocycles. The average Bonchev–Trinajstić information content (AvgIpc) is 2.40. The van der Waals surface area contributed by atoms with Crippen LogP contribution in [0, 0.1) is 6.92 Å². The molecule has 1 aromatic rings. The Kier molecular flexibility index (Phi) is 4.01. The molecule has 0 spiro atoms. The summed E-state index contributed by atoms with van der Waals surface area (Å²) in [5.74, 6) is 0.172. The van der Waals surface area contributed by atoms with E-state index in [2.05, 4.69) is 5.32 Å². The summed E-state index contributed by atoms with van der Waals surface area (Å²) < 4.78 is 5.34. The van der Waals surface area contributed by atoms with Crippen molar-refractivity contribution in [3.8, 4) is 5.75 Å². The van der Waals surface area contributed by atoms with E-state index in [1.165, 1.54) is 4.90 Å². The van der Waals surface area contributed by atoms with E-state index in [-0.39, 0.29) is 25.0 Å². The third-order valence-corrected chi connectivity index (χ3v) is 2.83. The lowest BCUT2D eigenvalue weighted by Gasteiger charge is -2.29. The molecular weight excluding hydrogens is 246 g/mol. The van der Waals surface area contributed by atoms with E-state index >= 15 is 0 Å². The van der Waals surface area contributed by atoms with E-state index in [1.54, 1.807) is 0 Å². The maximum atomic E-state index is 11.9. The summed E-state index contributed by atoms with van der Waals surface area (Å²) >= 11 is 0. The molecule has 1 aliphatic rings. The van der Waals surface area contributed by atoms with E-state index in [9.17, 15) is 9.59 Å². The predicted octanol–water partition coefficient (Wildman–Crippen LogP) is -0.205. The van der Waals surface area contributed by atoms with Gasteiger partial charge in [-0.2, -0.15) is 0 Å². The molecule has 0 fully saturated rings. The molecule has 19 heavy (non-hydrogen) atoms. The predicted molar refractivity (Wildman–Crippen MR) is 71.1 cm³/mol. The number of nitrogens with zero attached hydrogens (tertiary/aromatic N) is 1. The molecule has 6 nitrogen and oxygen atoms in total. The van der Waals surface area contributed by atoms with Crippen LogP contribution in [0.15, 0.2) is 18.2 Å². The van der Waals surface area contributed by atoms with Crippen LogP contribution in [0.5, 0.6) is 5.75 Å². The molecular formula is C13H17N3O3. The standard InChI is InChI=1S/C13H17N3O3/c1-9-2-3-11-10(6-9)16(13(18)8-19-11)7-12(17)15-5-4-14/h2-3,6H,4-5,7-8,14H2,1H3,(H,15,17). The van der Waals surface area contributed by atoms with Crippen molar-refractivity contribution in [3.63, 3.8) is 0 Å². The van der Waals surface area contributed by atoms with Gasteiger partial charge in [0.1, 0.15) is 12.3 Å². The number of nitrogens with one attached hydrogen (secondary N) is 1. The van der Waals surface area contributed by atoms with Crippen LogP contribution in [0.3, 0.4) is 0 Å². The lowest BCUT2D eigenvalue weighted by molar-refractivity contribution is -0.125. The number of ether oxygens (including phenoxy) is 1. The molecule has 0 unspecified atom stereocenters. The molecule has 0 saturated carbocycles. The summed E-state index contributed by atoms with van der Waals surface area (Å²) in [4.78, 5) is 25.0. The second-order valence-corrected chi connectivity index (χ2v) is 4.38. The fourth-order valence-electron chi connectivity index (χ4n) is 1.90. The maximum absolute atomic E-state index is 11.9. The Morgan fingerprint density at radius 1 is 1.53 bits per heavy atom. The van der Waals surface area contributed by atoms with Gasteiger partial charge >= 0.3 is 0 Å². The molecule has 1 aliphatic heterocycles. The van der Waals surface area contributed by atoms with Gasteiger partial charge < -0.3 is 15.8 Å². The van der Waals surface area contributed by atoms with Crippen LogP contribution in [0.25, 0.3) is 0 Å². The SMILES string of the molecule is Cc1ccc2c(c1)N(CC(=O)NCCN)C(=O)CO2. The summed E-state index contributed by atoms with van der Waals surface area (Å²) in [6.45, 7) is 2.64. The Morgan fingerprint density at radius 3 is 3.05 bits per heavy atom. The van der Waals surface area contributed by atoms with Gasteiger partial charge in [0.15, 0.2) is 6.61 Å². The van der Waals surface area contributed by atoms with Gasteiger partial charge in [0.2, 0.25) is 5.91 Å². The second-order valence-electron chi connectivity index (χ2n) is 4.38. The normalized spacial score (nSPS) is 13.8. The third-order valence-electron chi connectivity index (χ3n) is 2.83. The zero-order valence-corrected chi connectivity index (χ0v) is 10.8. The van der Waals surface area contributed by atoms with Crippen LogP contribution in [0.1, 0.15) is 5.56 Å². The number of aryl methyl sites for hydroxylation is 1. The van der Waals surface area contributed by atoms with Crippen molar-refractivity contribution in [2.45, 2.75) is 6.92 Å². The minimum Gasteiger partial charge on any atom is -0.482 e. The van der Waals surface area contributed by atoms with Gasteiger partial charge in [-0.1, -0.05) is 6.07 Å². The van der Waals surface area contributed by atoms with Gasteiger partial charge in [-0.05, 0) is 24.6 Å². The third kappa shape index (κ3) is 3.03. The van der Waals surface area contributed by atoms with E-state index in [1.807, 2.05) is 25.1 Å². The molecule has 0 bridgehead atoms. The van der Waals surface area contributed by atoms with Gasteiger partial charge in [0, 0.05) is 13.1 Å². The first kappa shape index (κ1) is 13.4. The van der Waals surface area contributed by atoms with Crippen LogP contribution in [0.2, 0.25) is 0 Å². The molecule has 2 rings (SSSR count). The first-order chi connectivity index (χ1) is 9.11. The highest BCUT2D eigenvalue weighted by Crippen LogP contribution is 2.32. The molecule has 0 aromatic heterocycles. The van der Waals surface area contributed by atoms with Crippen molar-refractivity contribution in [3.05, 3.63) is 23.8 Å². The molecule has 6 heteroatoms.